The summed E-state index contributed by atoms with van der Waals surface area (Å²) in [7, 11) is 0. The zero-order chi connectivity index (χ0) is 21.5. The fourth-order valence-corrected chi connectivity index (χ4v) is 4.53. The van der Waals surface area contributed by atoms with Crippen LogP contribution in [-0.2, 0) is 9.47 Å². The van der Waals surface area contributed by atoms with E-state index in [1.165, 1.54) is 0 Å². The van der Waals surface area contributed by atoms with Gasteiger partial charge in [0.15, 0.2) is 23.0 Å². The van der Waals surface area contributed by atoms with E-state index in [1.807, 2.05) is 27.7 Å². The number of ether oxygens (including phenoxy) is 6. The van der Waals surface area contributed by atoms with E-state index < -0.39 is 0 Å². The smallest absolute Gasteiger partial charge is 0.163 e. The maximum atomic E-state index is 6.06. The molecule has 2 saturated heterocycles. The standard InChI is InChI=1S/C24H28O6S/c1-13(2)29-21-7-23-17(5-19(21)27-11-15-9-25-15)18-6-20(28-12-16-10-26-16)22(30-14(3)4)8-24(18)31-23/h5-8,13-16H,9-12H2,1-4H3. The number of hydrogen-bond donors (Lipinski definition) is 0. The first-order chi connectivity index (χ1) is 15.0. The van der Waals surface area contributed by atoms with Crippen LogP contribution in [0.15, 0.2) is 24.3 Å². The number of fused-ring (bicyclic) bond motifs is 3. The highest BCUT2D eigenvalue weighted by Gasteiger charge is 2.26. The molecular weight excluding hydrogens is 416 g/mol. The Morgan fingerprint density at radius 1 is 0.742 bits per heavy atom. The van der Waals surface area contributed by atoms with Crippen LogP contribution in [0.1, 0.15) is 27.7 Å². The molecule has 2 fully saturated rings. The lowest BCUT2D eigenvalue weighted by molar-refractivity contribution is 0.212. The minimum atomic E-state index is 0.0574. The van der Waals surface area contributed by atoms with E-state index in [9.17, 15) is 0 Å². The van der Waals surface area contributed by atoms with Crippen molar-refractivity contribution in [3.63, 3.8) is 0 Å². The number of rotatable bonds is 10. The van der Waals surface area contributed by atoms with Crippen molar-refractivity contribution in [1.29, 1.82) is 0 Å². The molecule has 0 radical (unpaired) electrons. The molecule has 0 spiro atoms. The second kappa shape index (κ2) is 8.37. The maximum absolute atomic E-state index is 6.06. The van der Waals surface area contributed by atoms with Crippen LogP contribution in [0.3, 0.4) is 0 Å². The van der Waals surface area contributed by atoms with Gasteiger partial charge in [-0.15, -0.1) is 11.3 Å². The Morgan fingerprint density at radius 2 is 1.16 bits per heavy atom. The molecule has 2 atom stereocenters. The van der Waals surface area contributed by atoms with Gasteiger partial charge in [-0.3, -0.25) is 0 Å². The molecule has 31 heavy (non-hydrogen) atoms. The first-order valence-electron chi connectivity index (χ1n) is 10.8. The zero-order valence-corrected chi connectivity index (χ0v) is 19.1. The van der Waals surface area contributed by atoms with E-state index in [0.29, 0.717) is 13.2 Å². The molecule has 2 unspecified atom stereocenters. The largest absolute Gasteiger partial charge is 0.487 e. The van der Waals surface area contributed by atoms with E-state index in [0.717, 1.165) is 56.4 Å². The summed E-state index contributed by atoms with van der Waals surface area (Å²) in [6, 6.07) is 8.30. The summed E-state index contributed by atoms with van der Waals surface area (Å²) in [6.45, 7) is 10.7. The van der Waals surface area contributed by atoms with Gasteiger partial charge in [-0.05, 0) is 39.8 Å². The van der Waals surface area contributed by atoms with Crippen LogP contribution in [0, 0.1) is 0 Å². The van der Waals surface area contributed by atoms with Crippen LogP contribution in [-0.4, -0.2) is 50.8 Å². The molecule has 0 aliphatic carbocycles. The summed E-state index contributed by atoms with van der Waals surface area (Å²) in [6.07, 6.45) is 0.480. The molecule has 3 heterocycles. The predicted octanol–water partition coefficient (Wildman–Crippen LogP) is 5.18. The van der Waals surface area contributed by atoms with Gasteiger partial charge in [0.1, 0.15) is 25.4 Å². The highest BCUT2D eigenvalue weighted by Crippen LogP contribution is 2.45. The first kappa shape index (κ1) is 20.7. The van der Waals surface area contributed by atoms with Crippen LogP contribution in [0.4, 0.5) is 0 Å². The first-order valence-corrected chi connectivity index (χ1v) is 11.6. The van der Waals surface area contributed by atoms with Gasteiger partial charge in [0.05, 0.1) is 25.4 Å². The van der Waals surface area contributed by atoms with Crippen molar-refractivity contribution >= 4 is 31.5 Å². The van der Waals surface area contributed by atoms with Gasteiger partial charge in [-0.2, -0.15) is 0 Å². The molecule has 2 aliphatic heterocycles. The number of hydrogen-bond acceptors (Lipinski definition) is 7. The summed E-state index contributed by atoms with van der Waals surface area (Å²) in [5.74, 6) is 3.01. The summed E-state index contributed by atoms with van der Waals surface area (Å²) in [5.41, 5.74) is 0. The molecule has 166 valence electrons. The third kappa shape index (κ3) is 4.84. The van der Waals surface area contributed by atoms with Crippen molar-refractivity contribution in [3.05, 3.63) is 24.3 Å². The van der Waals surface area contributed by atoms with Crippen molar-refractivity contribution < 1.29 is 28.4 Å². The van der Waals surface area contributed by atoms with Gasteiger partial charge >= 0.3 is 0 Å². The topological polar surface area (TPSA) is 62.0 Å². The van der Waals surface area contributed by atoms with E-state index in [1.54, 1.807) is 11.3 Å². The molecule has 1 aromatic heterocycles. The minimum Gasteiger partial charge on any atom is -0.487 e. The SMILES string of the molecule is CC(C)Oc1cc2sc3cc(OC(C)C)c(OCC4CO4)cc3c2cc1OCC1CO1. The van der Waals surface area contributed by atoms with Crippen LogP contribution in [0.25, 0.3) is 20.2 Å². The molecule has 0 N–H and O–H groups in total. The van der Waals surface area contributed by atoms with Gasteiger partial charge in [0, 0.05) is 32.3 Å². The highest BCUT2D eigenvalue weighted by atomic mass is 32.1. The van der Waals surface area contributed by atoms with Crippen molar-refractivity contribution in [3.8, 4) is 23.0 Å². The van der Waals surface area contributed by atoms with Crippen molar-refractivity contribution in [2.24, 2.45) is 0 Å². The lowest BCUT2D eigenvalue weighted by Crippen LogP contribution is -2.09. The molecule has 2 aromatic carbocycles. The van der Waals surface area contributed by atoms with Crippen LogP contribution < -0.4 is 18.9 Å². The highest BCUT2D eigenvalue weighted by molar-refractivity contribution is 7.25. The predicted molar refractivity (Wildman–Crippen MR) is 121 cm³/mol. The molecule has 2 aliphatic rings. The molecule has 0 bridgehead atoms. The van der Waals surface area contributed by atoms with Gasteiger partial charge in [0.25, 0.3) is 0 Å². The van der Waals surface area contributed by atoms with Gasteiger partial charge in [-0.1, -0.05) is 0 Å². The number of benzene rings is 2. The Hall–Kier alpha value is -2.22. The molecule has 0 amide bonds. The summed E-state index contributed by atoms with van der Waals surface area (Å²) in [4.78, 5) is 0. The maximum Gasteiger partial charge on any atom is 0.163 e. The van der Waals surface area contributed by atoms with Crippen LogP contribution in [0.2, 0.25) is 0 Å². The van der Waals surface area contributed by atoms with Gasteiger partial charge < -0.3 is 28.4 Å². The van der Waals surface area contributed by atoms with Crippen LogP contribution >= 0.6 is 11.3 Å². The zero-order valence-electron chi connectivity index (χ0n) is 18.3. The molecule has 7 heteroatoms. The normalized spacial score (nSPS) is 19.9. The summed E-state index contributed by atoms with van der Waals surface area (Å²) < 4.78 is 37.1. The Bertz CT molecular complexity index is 997. The van der Waals surface area contributed by atoms with Crippen molar-refractivity contribution in [2.75, 3.05) is 26.4 Å². The average Bonchev–Trinajstić information content (AvgIpc) is 3.62. The second-order valence-electron chi connectivity index (χ2n) is 8.56. The quantitative estimate of drug-likeness (QED) is 0.401. The van der Waals surface area contributed by atoms with Gasteiger partial charge in [0.2, 0.25) is 0 Å². The third-order valence-corrected chi connectivity index (χ3v) is 6.10. The minimum absolute atomic E-state index is 0.0574. The lowest BCUT2D eigenvalue weighted by Gasteiger charge is -2.16. The van der Waals surface area contributed by atoms with Crippen molar-refractivity contribution in [1.82, 2.24) is 0 Å². The van der Waals surface area contributed by atoms with E-state index in [4.69, 9.17) is 28.4 Å². The monoisotopic (exact) mass is 444 g/mol. The molecule has 5 rings (SSSR count). The Kier molecular flexibility index (Phi) is 5.58. The fraction of sp³-hybridized carbons (Fsp3) is 0.500. The average molecular weight is 445 g/mol. The number of thiophene rings is 1. The molecule has 0 saturated carbocycles. The number of epoxide rings is 2. The van der Waals surface area contributed by atoms with E-state index in [2.05, 4.69) is 24.3 Å². The summed E-state index contributed by atoms with van der Waals surface area (Å²) >= 11 is 1.71. The fourth-order valence-electron chi connectivity index (χ4n) is 3.40. The summed E-state index contributed by atoms with van der Waals surface area (Å²) in [5, 5.41) is 2.23. The third-order valence-electron chi connectivity index (χ3n) is 4.98. The van der Waals surface area contributed by atoms with Crippen molar-refractivity contribution in [2.45, 2.75) is 52.1 Å². The molecule has 3 aromatic rings. The van der Waals surface area contributed by atoms with E-state index in [-0.39, 0.29) is 24.4 Å². The van der Waals surface area contributed by atoms with Gasteiger partial charge in [-0.25, -0.2) is 0 Å². The van der Waals surface area contributed by atoms with Crippen LogP contribution in [0.5, 0.6) is 23.0 Å². The lowest BCUT2D eigenvalue weighted by atomic mass is 10.1. The molecular formula is C24H28O6S. The second-order valence-corrected chi connectivity index (χ2v) is 9.64. The molecule has 6 nitrogen and oxygen atoms in total. The Labute approximate surface area is 185 Å². The Morgan fingerprint density at radius 3 is 1.52 bits per heavy atom. The Balaban J connectivity index is 1.57. The van der Waals surface area contributed by atoms with E-state index >= 15 is 0 Å².